The second kappa shape index (κ2) is 5.24. The monoisotopic (exact) mass is 279 g/mol. The smallest absolute Gasteiger partial charge is 0.258 e. The molecular formula is C13H11ClFN3O. The van der Waals surface area contributed by atoms with E-state index in [0.717, 1.165) is 11.8 Å². The summed E-state index contributed by atoms with van der Waals surface area (Å²) in [4.78, 5) is 15.5. The topological polar surface area (TPSA) is 68.0 Å². The number of hydrogen-bond donors (Lipinski definition) is 2. The van der Waals surface area contributed by atoms with E-state index in [2.05, 4.69) is 10.3 Å². The van der Waals surface area contributed by atoms with E-state index in [-0.39, 0.29) is 5.56 Å². The van der Waals surface area contributed by atoms with Crippen molar-refractivity contribution in [3.63, 3.8) is 0 Å². The maximum atomic E-state index is 13.4. The average molecular weight is 280 g/mol. The molecule has 0 aliphatic carbocycles. The SMILES string of the molecule is Cc1cc(N)c(Cl)cc1NC(=O)c1ccncc1F. The highest BCUT2D eigenvalue weighted by atomic mass is 35.5. The molecule has 0 aliphatic rings. The minimum absolute atomic E-state index is 0.0812. The van der Waals surface area contributed by atoms with Gasteiger partial charge in [-0.25, -0.2) is 4.39 Å². The summed E-state index contributed by atoms with van der Waals surface area (Å²) in [5, 5.41) is 2.92. The van der Waals surface area contributed by atoms with Gasteiger partial charge in [-0.05, 0) is 30.7 Å². The number of pyridine rings is 1. The Morgan fingerprint density at radius 3 is 2.89 bits per heavy atom. The summed E-state index contributed by atoms with van der Waals surface area (Å²) in [7, 11) is 0. The zero-order chi connectivity index (χ0) is 14.0. The van der Waals surface area contributed by atoms with E-state index >= 15 is 0 Å². The molecule has 2 aromatic rings. The predicted molar refractivity (Wildman–Crippen MR) is 72.7 cm³/mol. The van der Waals surface area contributed by atoms with Gasteiger partial charge in [0.05, 0.1) is 22.5 Å². The molecule has 0 radical (unpaired) electrons. The Bertz CT molecular complexity index is 646. The number of rotatable bonds is 2. The Kier molecular flexibility index (Phi) is 3.66. The van der Waals surface area contributed by atoms with Crippen molar-refractivity contribution in [3.8, 4) is 0 Å². The minimum Gasteiger partial charge on any atom is -0.398 e. The number of halogens is 2. The zero-order valence-electron chi connectivity index (χ0n) is 10.1. The van der Waals surface area contributed by atoms with Crippen molar-refractivity contribution in [2.45, 2.75) is 6.92 Å². The van der Waals surface area contributed by atoms with Crippen LogP contribution in [-0.2, 0) is 0 Å². The first kappa shape index (κ1) is 13.3. The number of benzene rings is 1. The number of carbonyl (C=O) groups is 1. The summed E-state index contributed by atoms with van der Waals surface area (Å²) in [6.45, 7) is 1.77. The van der Waals surface area contributed by atoms with Crippen LogP contribution in [0, 0.1) is 12.7 Å². The summed E-state index contributed by atoms with van der Waals surface area (Å²) >= 11 is 5.89. The minimum atomic E-state index is -0.681. The number of carbonyl (C=O) groups excluding carboxylic acids is 1. The molecule has 1 aromatic heterocycles. The van der Waals surface area contributed by atoms with Gasteiger partial charge >= 0.3 is 0 Å². The first-order chi connectivity index (χ1) is 8.99. The van der Waals surface area contributed by atoms with Crippen molar-refractivity contribution in [2.24, 2.45) is 0 Å². The van der Waals surface area contributed by atoms with Crippen LogP contribution >= 0.6 is 11.6 Å². The molecule has 2 rings (SSSR count). The largest absolute Gasteiger partial charge is 0.398 e. The van der Waals surface area contributed by atoms with E-state index in [4.69, 9.17) is 17.3 Å². The third-order valence-electron chi connectivity index (χ3n) is 2.61. The number of nitrogen functional groups attached to an aromatic ring is 1. The molecule has 1 amide bonds. The van der Waals surface area contributed by atoms with E-state index in [1.54, 1.807) is 13.0 Å². The van der Waals surface area contributed by atoms with Crippen LogP contribution in [0.3, 0.4) is 0 Å². The predicted octanol–water partition coefficient (Wildman–Crippen LogP) is 3.02. The van der Waals surface area contributed by atoms with Crippen molar-refractivity contribution in [1.29, 1.82) is 0 Å². The highest BCUT2D eigenvalue weighted by molar-refractivity contribution is 6.33. The van der Waals surface area contributed by atoms with Crippen LogP contribution in [0.2, 0.25) is 5.02 Å². The molecule has 3 N–H and O–H groups in total. The van der Waals surface area contributed by atoms with Crippen LogP contribution < -0.4 is 11.1 Å². The molecular weight excluding hydrogens is 269 g/mol. The highest BCUT2D eigenvalue weighted by Crippen LogP contribution is 2.27. The van der Waals surface area contributed by atoms with E-state index < -0.39 is 11.7 Å². The van der Waals surface area contributed by atoms with Crippen LogP contribution in [0.4, 0.5) is 15.8 Å². The van der Waals surface area contributed by atoms with Gasteiger partial charge in [0.1, 0.15) is 0 Å². The van der Waals surface area contributed by atoms with Crippen LogP contribution in [-0.4, -0.2) is 10.9 Å². The molecule has 19 heavy (non-hydrogen) atoms. The Morgan fingerprint density at radius 2 is 2.21 bits per heavy atom. The maximum absolute atomic E-state index is 13.4. The second-order valence-corrected chi connectivity index (χ2v) is 4.41. The number of nitrogens with zero attached hydrogens (tertiary/aromatic N) is 1. The van der Waals surface area contributed by atoms with Crippen molar-refractivity contribution >= 4 is 28.9 Å². The van der Waals surface area contributed by atoms with Gasteiger partial charge in [-0.3, -0.25) is 9.78 Å². The lowest BCUT2D eigenvalue weighted by Gasteiger charge is -2.10. The van der Waals surface area contributed by atoms with Gasteiger partial charge in [0, 0.05) is 11.9 Å². The fourth-order valence-electron chi connectivity index (χ4n) is 1.59. The number of aromatic nitrogens is 1. The van der Waals surface area contributed by atoms with Crippen molar-refractivity contribution in [2.75, 3.05) is 11.1 Å². The zero-order valence-corrected chi connectivity index (χ0v) is 10.8. The summed E-state index contributed by atoms with van der Waals surface area (Å²) in [6.07, 6.45) is 2.33. The van der Waals surface area contributed by atoms with Crippen LogP contribution in [0.1, 0.15) is 15.9 Å². The fraction of sp³-hybridized carbons (Fsp3) is 0.0769. The van der Waals surface area contributed by atoms with Gasteiger partial charge in [0.25, 0.3) is 5.91 Å². The Hall–Kier alpha value is -2.14. The number of anilines is 2. The van der Waals surface area contributed by atoms with E-state index in [9.17, 15) is 9.18 Å². The first-order valence-corrected chi connectivity index (χ1v) is 5.83. The van der Waals surface area contributed by atoms with Gasteiger partial charge in [0.15, 0.2) is 5.82 Å². The summed E-state index contributed by atoms with van der Waals surface area (Å²) in [5.74, 6) is -1.25. The lowest BCUT2D eigenvalue weighted by atomic mass is 10.1. The molecule has 0 atom stereocenters. The molecule has 0 bridgehead atoms. The summed E-state index contributed by atoms with van der Waals surface area (Å²) < 4.78 is 13.4. The molecule has 1 heterocycles. The fourth-order valence-corrected chi connectivity index (χ4v) is 1.75. The lowest BCUT2D eigenvalue weighted by molar-refractivity contribution is 0.102. The molecule has 0 aliphatic heterocycles. The quantitative estimate of drug-likeness (QED) is 0.830. The Morgan fingerprint density at radius 1 is 1.47 bits per heavy atom. The van der Waals surface area contributed by atoms with E-state index in [0.29, 0.717) is 16.4 Å². The van der Waals surface area contributed by atoms with Gasteiger partial charge in [0.2, 0.25) is 0 Å². The second-order valence-electron chi connectivity index (χ2n) is 4.00. The molecule has 4 nitrogen and oxygen atoms in total. The number of amides is 1. The number of nitrogens with one attached hydrogen (secondary N) is 1. The summed E-state index contributed by atoms with van der Waals surface area (Å²) in [6, 6.07) is 4.48. The van der Waals surface area contributed by atoms with Crippen molar-refractivity contribution in [3.05, 3.63) is 52.6 Å². The first-order valence-electron chi connectivity index (χ1n) is 5.45. The molecule has 0 saturated carbocycles. The Balaban J connectivity index is 2.30. The summed E-state index contributed by atoms with van der Waals surface area (Å²) in [5.41, 5.74) is 7.21. The molecule has 98 valence electrons. The van der Waals surface area contributed by atoms with Crippen LogP contribution in [0.25, 0.3) is 0 Å². The highest BCUT2D eigenvalue weighted by Gasteiger charge is 2.13. The standard InChI is InChI=1S/C13H11ClFN3O/c1-7-4-11(16)9(14)5-12(7)18-13(19)8-2-3-17-6-10(8)15/h2-6H,16H2,1H3,(H,18,19). The lowest BCUT2D eigenvalue weighted by Crippen LogP contribution is -2.14. The van der Waals surface area contributed by atoms with Crippen molar-refractivity contribution < 1.29 is 9.18 Å². The number of aryl methyl sites for hydroxylation is 1. The molecule has 6 heteroatoms. The van der Waals surface area contributed by atoms with Gasteiger partial charge in [-0.2, -0.15) is 0 Å². The van der Waals surface area contributed by atoms with Crippen LogP contribution in [0.15, 0.2) is 30.6 Å². The van der Waals surface area contributed by atoms with Crippen LogP contribution in [0.5, 0.6) is 0 Å². The Labute approximate surface area is 114 Å². The van der Waals surface area contributed by atoms with E-state index in [1.165, 1.54) is 18.3 Å². The van der Waals surface area contributed by atoms with Crippen molar-refractivity contribution in [1.82, 2.24) is 4.98 Å². The van der Waals surface area contributed by atoms with Gasteiger partial charge in [-0.15, -0.1) is 0 Å². The third kappa shape index (κ3) is 2.82. The molecule has 0 saturated heterocycles. The van der Waals surface area contributed by atoms with Gasteiger partial charge < -0.3 is 11.1 Å². The number of nitrogens with two attached hydrogens (primary N) is 1. The molecule has 0 unspecified atom stereocenters. The molecule has 0 fully saturated rings. The van der Waals surface area contributed by atoms with Gasteiger partial charge in [-0.1, -0.05) is 11.6 Å². The van der Waals surface area contributed by atoms with E-state index in [1.807, 2.05) is 0 Å². The molecule has 1 aromatic carbocycles. The third-order valence-corrected chi connectivity index (χ3v) is 2.94. The normalized spacial score (nSPS) is 10.3. The number of hydrogen-bond acceptors (Lipinski definition) is 3. The molecule has 0 spiro atoms. The maximum Gasteiger partial charge on any atom is 0.258 e. The average Bonchev–Trinajstić information content (AvgIpc) is 2.36.